The first-order valence-electron chi connectivity index (χ1n) is 11.1. The molecule has 10 heteroatoms. The van der Waals surface area contributed by atoms with Gasteiger partial charge in [-0.1, -0.05) is 0 Å². The van der Waals surface area contributed by atoms with Crippen LogP contribution in [-0.4, -0.2) is 97.4 Å². The number of amides is 1. The first kappa shape index (κ1) is 25.5. The molecule has 0 radical (unpaired) electrons. The lowest BCUT2D eigenvalue weighted by atomic mass is 9.95. The number of likely N-dealkylation sites (tertiary alicyclic amines) is 1. The molecule has 2 saturated heterocycles. The summed E-state index contributed by atoms with van der Waals surface area (Å²) in [6.07, 6.45) is -1.54. The van der Waals surface area contributed by atoms with Gasteiger partial charge in [0.2, 0.25) is 0 Å². The number of ether oxygens (including phenoxy) is 1. The van der Waals surface area contributed by atoms with Crippen LogP contribution in [0.25, 0.3) is 0 Å². The van der Waals surface area contributed by atoms with Crippen LogP contribution < -0.4 is 5.32 Å². The van der Waals surface area contributed by atoms with Crippen LogP contribution in [0.5, 0.6) is 0 Å². The van der Waals surface area contributed by atoms with Crippen LogP contribution in [0.15, 0.2) is 4.99 Å². The molecule has 2 aliphatic heterocycles. The van der Waals surface area contributed by atoms with Gasteiger partial charge in [-0.15, -0.1) is 0 Å². The summed E-state index contributed by atoms with van der Waals surface area (Å²) in [6.45, 7) is 10.7. The maximum atomic E-state index is 12.9. The number of carbonyl (C=O) groups excluding carboxylic acids is 1. The Morgan fingerprint density at radius 3 is 2.32 bits per heavy atom. The van der Waals surface area contributed by atoms with E-state index in [1.807, 2.05) is 25.7 Å². The summed E-state index contributed by atoms with van der Waals surface area (Å²) in [5.41, 5.74) is -0.500. The summed E-state index contributed by atoms with van der Waals surface area (Å²) in [7, 11) is 1.69. The Morgan fingerprint density at radius 2 is 1.77 bits per heavy atom. The Hall–Kier alpha value is -1.71. The number of halogens is 3. The van der Waals surface area contributed by atoms with E-state index in [9.17, 15) is 18.0 Å². The quantitative estimate of drug-likeness (QED) is 0.528. The number of carbonyl (C=O) groups is 1. The topological polar surface area (TPSA) is 60.4 Å². The van der Waals surface area contributed by atoms with Gasteiger partial charge >= 0.3 is 12.3 Å². The number of nitrogens with zero attached hydrogens (tertiary/aromatic N) is 4. The highest BCUT2D eigenvalue weighted by Crippen LogP contribution is 2.25. The van der Waals surface area contributed by atoms with Crippen molar-refractivity contribution in [3.05, 3.63) is 0 Å². The van der Waals surface area contributed by atoms with Gasteiger partial charge in [0, 0.05) is 52.9 Å². The van der Waals surface area contributed by atoms with Crippen LogP contribution in [0, 0.1) is 5.92 Å². The predicted octanol–water partition coefficient (Wildman–Crippen LogP) is 3.17. The number of alkyl halides is 3. The lowest BCUT2D eigenvalue weighted by molar-refractivity contribution is -0.181. The Bertz CT molecular complexity index is 613. The molecule has 180 valence electrons. The minimum atomic E-state index is -4.20. The predicted molar refractivity (Wildman–Crippen MR) is 115 cm³/mol. The number of hydrogen-bond donors (Lipinski definition) is 1. The van der Waals surface area contributed by atoms with Crippen molar-refractivity contribution in [2.45, 2.75) is 64.8 Å². The van der Waals surface area contributed by atoms with E-state index in [-0.39, 0.29) is 6.09 Å². The molecule has 0 aromatic heterocycles. The van der Waals surface area contributed by atoms with Crippen molar-refractivity contribution in [1.82, 2.24) is 20.0 Å². The minimum absolute atomic E-state index is 0.257. The maximum Gasteiger partial charge on any atom is 0.410 e. The third-order valence-electron chi connectivity index (χ3n) is 5.85. The summed E-state index contributed by atoms with van der Waals surface area (Å²) in [4.78, 5) is 21.9. The van der Waals surface area contributed by atoms with Gasteiger partial charge in [0.25, 0.3) is 0 Å². The van der Waals surface area contributed by atoms with E-state index in [1.54, 1.807) is 11.9 Å². The van der Waals surface area contributed by atoms with Gasteiger partial charge in [0.15, 0.2) is 5.96 Å². The van der Waals surface area contributed by atoms with Gasteiger partial charge in [-0.25, -0.2) is 4.79 Å². The van der Waals surface area contributed by atoms with Crippen molar-refractivity contribution in [1.29, 1.82) is 0 Å². The lowest BCUT2D eigenvalue weighted by Crippen LogP contribution is -2.56. The highest BCUT2D eigenvalue weighted by molar-refractivity contribution is 5.80. The van der Waals surface area contributed by atoms with Gasteiger partial charge in [-0.3, -0.25) is 9.89 Å². The van der Waals surface area contributed by atoms with Crippen molar-refractivity contribution in [2.75, 3.05) is 52.9 Å². The Balaban J connectivity index is 1.75. The molecule has 7 nitrogen and oxygen atoms in total. The fourth-order valence-corrected chi connectivity index (χ4v) is 4.04. The molecule has 2 atom stereocenters. The highest BCUT2D eigenvalue weighted by atomic mass is 19.4. The van der Waals surface area contributed by atoms with Crippen LogP contribution >= 0.6 is 0 Å². The second kappa shape index (κ2) is 10.7. The molecular weight excluding hydrogens is 411 g/mol. The summed E-state index contributed by atoms with van der Waals surface area (Å²) in [6, 6.07) is -1.43. The first-order valence-corrected chi connectivity index (χ1v) is 11.1. The third-order valence-corrected chi connectivity index (χ3v) is 5.85. The molecule has 1 amide bonds. The van der Waals surface area contributed by atoms with E-state index >= 15 is 0 Å². The molecule has 2 rings (SSSR count). The molecule has 0 aromatic rings. The van der Waals surface area contributed by atoms with Crippen molar-refractivity contribution in [2.24, 2.45) is 10.9 Å². The molecular formula is C21H38F3N5O2. The molecule has 2 heterocycles. The maximum absolute atomic E-state index is 12.9. The first-order chi connectivity index (χ1) is 14.4. The largest absolute Gasteiger partial charge is 0.444 e. The molecule has 2 unspecified atom stereocenters. The SMILES string of the molecule is CN=C(NCCC1CCCN(C(=O)OC(C)(C)C)C1)N1CCN(C(C)C(F)(F)F)CC1. The normalized spacial score (nSPS) is 23.0. The van der Waals surface area contributed by atoms with Crippen molar-refractivity contribution >= 4 is 12.1 Å². The van der Waals surface area contributed by atoms with Crippen LogP contribution in [0.3, 0.4) is 0 Å². The Kier molecular flexibility index (Phi) is 8.85. The number of hydrogen-bond acceptors (Lipinski definition) is 4. The molecule has 31 heavy (non-hydrogen) atoms. The smallest absolute Gasteiger partial charge is 0.410 e. The van der Waals surface area contributed by atoms with Crippen molar-refractivity contribution < 1.29 is 22.7 Å². The van der Waals surface area contributed by atoms with Gasteiger partial charge in [0.1, 0.15) is 11.6 Å². The van der Waals surface area contributed by atoms with Crippen LogP contribution in [-0.2, 0) is 4.74 Å². The number of piperazine rings is 1. The van der Waals surface area contributed by atoms with Gasteiger partial charge in [0.05, 0.1) is 0 Å². The second-order valence-corrected chi connectivity index (χ2v) is 9.44. The fraction of sp³-hybridized carbons (Fsp3) is 0.905. The van der Waals surface area contributed by atoms with Gasteiger partial charge in [-0.2, -0.15) is 13.2 Å². The number of piperidine rings is 1. The molecule has 0 spiro atoms. The third kappa shape index (κ3) is 8.05. The molecule has 0 saturated carbocycles. The van der Waals surface area contributed by atoms with Crippen LogP contribution in [0.1, 0.15) is 47.0 Å². The molecule has 0 aromatic carbocycles. The lowest BCUT2D eigenvalue weighted by Gasteiger charge is -2.39. The average molecular weight is 450 g/mol. The number of aliphatic imine (C=N–C) groups is 1. The molecule has 2 fully saturated rings. The van der Waals surface area contributed by atoms with Crippen molar-refractivity contribution in [3.8, 4) is 0 Å². The summed E-state index contributed by atoms with van der Waals surface area (Å²) >= 11 is 0. The van der Waals surface area contributed by atoms with Gasteiger partial charge < -0.3 is 19.9 Å². The summed E-state index contributed by atoms with van der Waals surface area (Å²) in [5, 5.41) is 3.34. The number of nitrogens with one attached hydrogen (secondary N) is 1. The van der Waals surface area contributed by atoms with Crippen molar-refractivity contribution in [3.63, 3.8) is 0 Å². The number of guanidine groups is 1. The monoisotopic (exact) mass is 449 g/mol. The Labute approximate surface area is 184 Å². The number of rotatable bonds is 4. The van der Waals surface area contributed by atoms with E-state index < -0.39 is 17.8 Å². The van der Waals surface area contributed by atoms with Crippen LogP contribution in [0.4, 0.5) is 18.0 Å². The van der Waals surface area contributed by atoms with E-state index in [0.717, 1.165) is 31.8 Å². The zero-order valence-corrected chi connectivity index (χ0v) is 19.5. The molecule has 2 aliphatic rings. The minimum Gasteiger partial charge on any atom is -0.444 e. The molecule has 0 bridgehead atoms. The van der Waals surface area contributed by atoms with E-state index in [0.29, 0.717) is 45.2 Å². The second-order valence-electron chi connectivity index (χ2n) is 9.44. The fourth-order valence-electron chi connectivity index (χ4n) is 4.04. The standard InChI is InChI=1S/C21H38F3N5O2/c1-16(21(22,23)24)27-11-13-28(14-12-27)18(25-5)26-9-8-17-7-6-10-29(15-17)19(30)31-20(2,3)4/h16-17H,6-15H2,1-5H3,(H,25,26). The summed E-state index contributed by atoms with van der Waals surface area (Å²) < 4.78 is 44.3. The zero-order chi connectivity index (χ0) is 23.2. The average Bonchev–Trinajstić information content (AvgIpc) is 2.69. The molecule has 0 aliphatic carbocycles. The summed E-state index contributed by atoms with van der Waals surface area (Å²) in [5.74, 6) is 1.11. The van der Waals surface area contributed by atoms with Crippen LogP contribution in [0.2, 0.25) is 0 Å². The zero-order valence-electron chi connectivity index (χ0n) is 19.5. The van der Waals surface area contributed by atoms with E-state index in [4.69, 9.17) is 4.74 Å². The molecule has 1 N–H and O–H groups in total. The van der Waals surface area contributed by atoms with E-state index in [2.05, 4.69) is 10.3 Å². The Morgan fingerprint density at radius 1 is 1.13 bits per heavy atom. The van der Waals surface area contributed by atoms with Gasteiger partial charge in [-0.05, 0) is 52.9 Å². The highest BCUT2D eigenvalue weighted by Gasteiger charge is 2.41. The van der Waals surface area contributed by atoms with E-state index in [1.165, 1.54) is 11.8 Å².